The fourth-order valence-electron chi connectivity index (χ4n) is 5.38. The van der Waals surface area contributed by atoms with Crippen molar-refractivity contribution in [1.29, 1.82) is 0 Å². The highest BCUT2D eigenvalue weighted by atomic mass is 16.6. The van der Waals surface area contributed by atoms with Crippen molar-refractivity contribution in [2.75, 3.05) is 10.6 Å². The van der Waals surface area contributed by atoms with Crippen LogP contribution in [0.3, 0.4) is 0 Å². The Balaban J connectivity index is 1.23. The number of carbonyl (C=O) groups is 2. The lowest BCUT2D eigenvalue weighted by Crippen LogP contribution is -2.16. The van der Waals surface area contributed by atoms with Crippen LogP contribution in [0, 0.1) is 24.0 Å². The summed E-state index contributed by atoms with van der Waals surface area (Å²) in [5, 5.41) is 18.7. The molecule has 0 bridgehead atoms. The van der Waals surface area contributed by atoms with E-state index in [-0.39, 0.29) is 22.6 Å². The summed E-state index contributed by atoms with van der Waals surface area (Å²) in [6, 6.07) is 28.7. The molecule has 7 rings (SSSR count). The molecule has 0 unspecified atom stereocenters. The highest BCUT2D eigenvalue weighted by Gasteiger charge is 2.22. The molecule has 11 heteroatoms. The summed E-state index contributed by atoms with van der Waals surface area (Å²) in [4.78, 5) is 48.2. The number of carbonyl (C=O) groups excluding carboxylic acids is 2. The van der Waals surface area contributed by atoms with Gasteiger partial charge in [0.25, 0.3) is 17.5 Å². The first-order chi connectivity index (χ1) is 22.7. The third kappa shape index (κ3) is 5.69. The van der Waals surface area contributed by atoms with Crippen molar-refractivity contribution in [1.82, 2.24) is 9.97 Å². The van der Waals surface area contributed by atoms with Gasteiger partial charge in [-0.15, -0.1) is 0 Å². The van der Waals surface area contributed by atoms with Crippen molar-refractivity contribution in [3.8, 4) is 22.9 Å². The van der Waals surface area contributed by atoms with E-state index in [1.165, 1.54) is 18.2 Å². The van der Waals surface area contributed by atoms with Crippen LogP contribution in [0.1, 0.15) is 32.2 Å². The van der Waals surface area contributed by atoms with E-state index in [9.17, 15) is 19.7 Å². The van der Waals surface area contributed by atoms with Gasteiger partial charge >= 0.3 is 0 Å². The van der Waals surface area contributed by atoms with E-state index < -0.39 is 16.7 Å². The second-order valence-electron chi connectivity index (χ2n) is 10.9. The molecule has 0 saturated carbocycles. The number of pyridine rings is 2. The van der Waals surface area contributed by atoms with Gasteiger partial charge in [-0.05, 0) is 74.5 Å². The molecule has 2 N–H and O–H groups in total. The van der Waals surface area contributed by atoms with E-state index in [1.54, 1.807) is 79.7 Å². The molecule has 0 aliphatic rings. The molecule has 0 spiro atoms. The molecule has 4 aromatic heterocycles. The number of furan rings is 2. The first-order valence-corrected chi connectivity index (χ1v) is 14.6. The number of nitro benzene ring substituents is 1. The quantitative estimate of drug-likeness (QED) is 0.133. The molecule has 7 aromatic rings. The van der Waals surface area contributed by atoms with Gasteiger partial charge in [-0.25, -0.2) is 9.97 Å². The highest BCUT2D eigenvalue weighted by molar-refractivity contribution is 6.15. The number of aromatic nitrogens is 2. The number of amides is 2. The number of nitrogens with one attached hydrogen (secondary N) is 2. The number of anilines is 2. The topological polar surface area (TPSA) is 153 Å². The maximum Gasteiger partial charge on any atom is 0.292 e. The Kier molecular flexibility index (Phi) is 7.25. The molecule has 0 radical (unpaired) electrons. The standard InChI is InChI=1S/C36H25N5O6/c1-20-11-15-33(46-20)30-18-25(23-7-3-5-9-27(23)38-30)35(42)37-22-13-14-32(41(44)45)29(17-22)40-36(43)26-19-31(34-16-12-21(2)47-34)39-28-10-6-4-8-24(26)28/h3-19H,1-2H3,(H,37,42)(H,40,43). The molecule has 3 aromatic carbocycles. The Hall–Kier alpha value is -6.62. The number of fused-ring (bicyclic) bond motifs is 2. The van der Waals surface area contributed by atoms with Crippen LogP contribution in [0.4, 0.5) is 17.1 Å². The van der Waals surface area contributed by atoms with Crippen LogP contribution < -0.4 is 10.6 Å². The van der Waals surface area contributed by atoms with E-state index in [0.717, 1.165) is 0 Å². The zero-order chi connectivity index (χ0) is 32.7. The van der Waals surface area contributed by atoms with Gasteiger partial charge in [0.2, 0.25) is 0 Å². The Morgan fingerprint density at radius 1 is 0.660 bits per heavy atom. The molecule has 47 heavy (non-hydrogen) atoms. The number of para-hydroxylation sites is 2. The minimum absolute atomic E-state index is 0.0968. The number of rotatable bonds is 7. The highest BCUT2D eigenvalue weighted by Crippen LogP contribution is 2.32. The van der Waals surface area contributed by atoms with Crippen LogP contribution in [-0.2, 0) is 0 Å². The first kappa shape index (κ1) is 29.1. The predicted molar refractivity (Wildman–Crippen MR) is 177 cm³/mol. The molecule has 11 nitrogen and oxygen atoms in total. The fraction of sp³-hybridized carbons (Fsp3) is 0.0556. The molecule has 0 aliphatic carbocycles. The van der Waals surface area contributed by atoms with Gasteiger partial charge in [-0.1, -0.05) is 36.4 Å². The van der Waals surface area contributed by atoms with E-state index in [0.29, 0.717) is 61.8 Å². The lowest BCUT2D eigenvalue weighted by molar-refractivity contribution is -0.383. The molecule has 0 aliphatic heterocycles. The summed E-state index contributed by atoms with van der Waals surface area (Å²) in [6.45, 7) is 3.62. The van der Waals surface area contributed by atoms with Gasteiger partial charge in [0.05, 0.1) is 27.1 Å². The summed E-state index contributed by atoms with van der Waals surface area (Å²) in [6.07, 6.45) is 0. The maximum atomic E-state index is 13.8. The molecule has 0 fully saturated rings. The fourth-order valence-corrected chi connectivity index (χ4v) is 5.38. The van der Waals surface area contributed by atoms with E-state index in [1.807, 2.05) is 19.1 Å². The Morgan fingerprint density at radius 2 is 1.17 bits per heavy atom. The second-order valence-corrected chi connectivity index (χ2v) is 10.9. The third-order valence-corrected chi connectivity index (χ3v) is 7.61. The van der Waals surface area contributed by atoms with E-state index in [4.69, 9.17) is 8.83 Å². The van der Waals surface area contributed by atoms with Crippen LogP contribution in [-0.4, -0.2) is 26.7 Å². The monoisotopic (exact) mass is 623 g/mol. The van der Waals surface area contributed by atoms with Crippen molar-refractivity contribution >= 4 is 50.7 Å². The number of nitro groups is 1. The summed E-state index contributed by atoms with van der Waals surface area (Å²) in [5.41, 5.74) is 2.42. The van der Waals surface area contributed by atoms with Crippen molar-refractivity contribution in [3.63, 3.8) is 0 Å². The van der Waals surface area contributed by atoms with Gasteiger partial charge in [-0.3, -0.25) is 19.7 Å². The van der Waals surface area contributed by atoms with Gasteiger partial charge in [-0.2, -0.15) is 0 Å². The number of benzene rings is 3. The Labute approximate surface area is 267 Å². The molecule has 4 heterocycles. The number of aryl methyl sites for hydroxylation is 2. The number of hydrogen-bond acceptors (Lipinski definition) is 8. The molecule has 0 atom stereocenters. The zero-order valence-corrected chi connectivity index (χ0v) is 25.1. The first-order valence-electron chi connectivity index (χ1n) is 14.6. The van der Waals surface area contributed by atoms with Crippen molar-refractivity contribution in [2.45, 2.75) is 13.8 Å². The van der Waals surface area contributed by atoms with Gasteiger partial charge in [0, 0.05) is 22.5 Å². The molecule has 230 valence electrons. The smallest absolute Gasteiger partial charge is 0.292 e. The summed E-state index contributed by atoms with van der Waals surface area (Å²) in [5.74, 6) is 1.30. The third-order valence-electron chi connectivity index (χ3n) is 7.61. The van der Waals surface area contributed by atoms with Gasteiger partial charge < -0.3 is 19.5 Å². The normalized spacial score (nSPS) is 11.1. The Morgan fingerprint density at radius 3 is 1.66 bits per heavy atom. The van der Waals surface area contributed by atoms with Gasteiger partial charge in [0.15, 0.2) is 11.5 Å². The van der Waals surface area contributed by atoms with E-state index in [2.05, 4.69) is 20.6 Å². The van der Waals surface area contributed by atoms with Crippen LogP contribution in [0.5, 0.6) is 0 Å². The molecular formula is C36H25N5O6. The van der Waals surface area contributed by atoms with Crippen molar-refractivity contribution in [3.05, 3.63) is 136 Å². The zero-order valence-electron chi connectivity index (χ0n) is 25.1. The molecular weight excluding hydrogens is 598 g/mol. The van der Waals surface area contributed by atoms with Crippen molar-refractivity contribution < 1.29 is 23.3 Å². The van der Waals surface area contributed by atoms with Gasteiger partial charge in [0.1, 0.15) is 28.6 Å². The minimum atomic E-state index is -0.600. The lowest BCUT2D eigenvalue weighted by atomic mass is 10.1. The average molecular weight is 624 g/mol. The maximum absolute atomic E-state index is 13.8. The second kappa shape index (κ2) is 11.7. The summed E-state index contributed by atoms with van der Waals surface area (Å²) >= 11 is 0. The summed E-state index contributed by atoms with van der Waals surface area (Å²) < 4.78 is 11.5. The Bertz CT molecular complexity index is 2370. The number of nitrogens with zero attached hydrogens (tertiary/aromatic N) is 3. The largest absolute Gasteiger partial charge is 0.460 e. The lowest BCUT2D eigenvalue weighted by Gasteiger charge is -2.13. The van der Waals surface area contributed by atoms with E-state index >= 15 is 0 Å². The van der Waals surface area contributed by atoms with Crippen LogP contribution in [0.15, 0.2) is 112 Å². The van der Waals surface area contributed by atoms with Crippen molar-refractivity contribution in [2.24, 2.45) is 0 Å². The average Bonchev–Trinajstić information content (AvgIpc) is 3.71. The SMILES string of the molecule is Cc1ccc(-c2cc(C(=O)Nc3ccc([N+](=O)[O-])c(NC(=O)c4cc(-c5ccc(C)o5)nc5ccccc45)c3)c3ccccc3n2)o1. The minimum Gasteiger partial charge on any atom is -0.460 e. The summed E-state index contributed by atoms with van der Waals surface area (Å²) in [7, 11) is 0. The predicted octanol–water partition coefficient (Wildman–Crippen LogP) is 8.33. The van der Waals surface area contributed by atoms with Crippen LogP contribution >= 0.6 is 0 Å². The molecule has 2 amide bonds. The molecule has 0 saturated heterocycles. The van der Waals surface area contributed by atoms with Crippen LogP contribution in [0.25, 0.3) is 44.7 Å². The van der Waals surface area contributed by atoms with Crippen LogP contribution in [0.2, 0.25) is 0 Å². The number of hydrogen-bond donors (Lipinski definition) is 2.